The first-order valence-corrected chi connectivity index (χ1v) is 9.79. The quantitative estimate of drug-likeness (QED) is 0.605. The van der Waals surface area contributed by atoms with E-state index in [4.69, 9.17) is 4.74 Å². The van der Waals surface area contributed by atoms with Crippen LogP contribution in [0.15, 0.2) is 54.6 Å². The van der Waals surface area contributed by atoms with E-state index in [0.717, 1.165) is 30.9 Å². The fraction of sp³-hybridized carbons (Fsp3) is 0.304. The molecule has 154 valence electrons. The van der Waals surface area contributed by atoms with Crippen molar-refractivity contribution in [3.05, 3.63) is 65.7 Å². The summed E-state index contributed by atoms with van der Waals surface area (Å²) >= 11 is 0. The standard InChI is InChI=1S/C23H29N3O3/c1-4-26(5-2)17-16-24-23(28)19-9-11-20(12-10-19)25-22(27)15-8-18-6-13-21(29-3)14-7-18/h6-15H,4-5,16-17H2,1-3H3,(H,24,28)(H,25,27)/b15-8+. The molecule has 0 saturated carbocycles. The number of methoxy groups -OCH3 is 1. The van der Waals surface area contributed by atoms with E-state index in [1.165, 1.54) is 6.08 Å². The fourth-order valence-electron chi connectivity index (χ4n) is 2.75. The van der Waals surface area contributed by atoms with Crippen molar-refractivity contribution in [3.63, 3.8) is 0 Å². The molecule has 0 aliphatic heterocycles. The molecule has 2 aromatic carbocycles. The molecule has 0 atom stereocenters. The van der Waals surface area contributed by atoms with Gasteiger partial charge in [0.1, 0.15) is 5.75 Å². The Balaban J connectivity index is 1.83. The van der Waals surface area contributed by atoms with Gasteiger partial charge in [0.25, 0.3) is 5.91 Å². The molecule has 29 heavy (non-hydrogen) atoms. The predicted molar refractivity (Wildman–Crippen MR) is 117 cm³/mol. The molecule has 0 heterocycles. The molecule has 2 aromatic rings. The molecule has 0 bridgehead atoms. The lowest BCUT2D eigenvalue weighted by Crippen LogP contribution is -2.34. The van der Waals surface area contributed by atoms with Gasteiger partial charge in [-0.1, -0.05) is 26.0 Å². The molecule has 2 amide bonds. The van der Waals surface area contributed by atoms with Crippen LogP contribution in [0.25, 0.3) is 6.08 Å². The molecule has 0 fully saturated rings. The number of benzene rings is 2. The van der Waals surface area contributed by atoms with Crippen LogP contribution in [-0.4, -0.2) is 50.0 Å². The van der Waals surface area contributed by atoms with Gasteiger partial charge in [-0.25, -0.2) is 0 Å². The van der Waals surface area contributed by atoms with Crippen molar-refractivity contribution < 1.29 is 14.3 Å². The Morgan fingerprint density at radius 1 is 1.00 bits per heavy atom. The molecule has 6 nitrogen and oxygen atoms in total. The third-order valence-corrected chi connectivity index (χ3v) is 4.57. The van der Waals surface area contributed by atoms with Crippen LogP contribution in [0.2, 0.25) is 0 Å². The molecule has 0 spiro atoms. The van der Waals surface area contributed by atoms with E-state index in [2.05, 4.69) is 29.4 Å². The second kappa shape index (κ2) is 11.7. The van der Waals surface area contributed by atoms with Gasteiger partial charge in [-0.3, -0.25) is 9.59 Å². The first-order valence-electron chi connectivity index (χ1n) is 9.79. The van der Waals surface area contributed by atoms with Gasteiger partial charge in [-0.2, -0.15) is 0 Å². The van der Waals surface area contributed by atoms with E-state index < -0.39 is 0 Å². The molecule has 0 radical (unpaired) electrons. The number of carbonyl (C=O) groups excluding carboxylic acids is 2. The molecule has 2 N–H and O–H groups in total. The fourth-order valence-corrected chi connectivity index (χ4v) is 2.75. The zero-order valence-corrected chi connectivity index (χ0v) is 17.3. The number of anilines is 1. The van der Waals surface area contributed by atoms with Crippen molar-refractivity contribution in [1.29, 1.82) is 0 Å². The Bertz CT molecular complexity index is 810. The van der Waals surface area contributed by atoms with Crippen LogP contribution in [0.4, 0.5) is 5.69 Å². The lowest BCUT2D eigenvalue weighted by molar-refractivity contribution is -0.111. The van der Waals surface area contributed by atoms with Crippen LogP contribution in [0.5, 0.6) is 5.75 Å². The number of carbonyl (C=O) groups is 2. The number of hydrogen-bond donors (Lipinski definition) is 2. The van der Waals surface area contributed by atoms with E-state index in [0.29, 0.717) is 17.8 Å². The molecule has 0 aliphatic carbocycles. The van der Waals surface area contributed by atoms with Gasteiger partial charge >= 0.3 is 0 Å². The largest absolute Gasteiger partial charge is 0.497 e. The smallest absolute Gasteiger partial charge is 0.251 e. The van der Waals surface area contributed by atoms with E-state index in [1.807, 2.05) is 24.3 Å². The van der Waals surface area contributed by atoms with Crippen LogP contribution in [0, 0.1) is 0 Å². The minimum Gasteiger partial charge on any atom is -0.497 e. The summed E-state index contributed by atoms with van der Waals surface area (Å²) in [5.41, 5.74) is 2.10. The lowest BCUT2D eigenvalue weighted by Gasteiger charge is -2.17. The van der Waals surface area contributed by atoms with Gasteiger partial charge in [0.15, 0.2) is 0 Å². The highest BCUT2D eigenvalue weighted by atomic mass is 16.5. The summed E-state index contributed by atoms with van der Waals surface area (Å²) in [4.78, 5) is 26.5. The van der Waals surface area contributed by atoms with Crippen LogP contribution in [0.3, 0.4) is 0 Å². The summed E-state index contributed by atoms with van der Waals surface area (Å²) in [6.45, 7) is 7.57. The monoisotopic (exact) mass is 395 g/mol. The van der Waals surface area contributed by atoms with Gasteiger partial charge in [0, 0.05) is 30.4 Å². The first kappa shape index (κ1) is 22.2. The SMILES string of the molecule is CCN(CC)CCNC(=O)c1ccc(NC(=O)/C=C/c2ccc(OC)cc2)cc1. The highest BCUT2D eigenvalue weighted by Gasteiger charge is 2.06. The molecular formula is C23H29N3O3. The molecule has 0 unspecified atom stereocenters. The number of rotatable bonds is 10. The second-order valence-corrected chi connectivity index (χ2v) is 6.46. The van der Waals surface area contributed by atoms with Crippen molar-refractivity contribution >= 4 is 23.6 Å². The van der Waals surface area contributed by atoms with Crippen LogP contribution < -0.4 is 15.4 Å². The maximum atomic E-state index is 12.2. The van der Waals surface area contributed by atoms with Gasteiger partial charge in [-0.15, -0.1) is 0 Å². The number of likely N-dealkylation sites (N-methyl/N-ethyl adjacent to an activating group) is 1. The van der Waals surface area contributed by atoms with E-state index in [9.17, 15) is 9.59 Å². The number of nitrogens with zero attached hydrogens (tertiary/aromatic N) is 1. The Morgan fingerprint density at radius 3 is 2.24 bits per heavy atom. The molecule has 0 aromatic heterocycles. The zero-order valence-electron chi connectivity index (χ0n) is 17.3. The summed E-state index contributed by atoms with van der Waals surface area (Å²) in [7, 11) is 1.61. The third-order valence-electron chi connectivity index (χ3n) is 4.57. The zero-order chi connectivity index (χ0) is 21.1. The summed E-state index contributed by atoms with van der Waals surface area (Å²) in [5.74, 6) is 0.412. The highest BCUT2D eigenvalue weighted by molar-refractivity contribution is 6.02. The van der Waals surface area contributed by atoms with Crippen molar-refractivity contribution in [2.75, 3.05) is 38.6 Å². The maximum Gasteiger partial charge on any atom is 0.251 e. The first-order chi connectivity index (χ1) is 14.0. The van der Waals surface area contributed by atoms with Crippen molar-refractivity contribution in [1.82, 2.24) is 10.2 Å². The normalized spacial score (nSPS) is 10.9. The average Bonchev–Trinajstić information content (AvgIpc) is 2.76. The molecular weight excluding hydrogens is 366 g/mol. The number of ether oxygens (including phenoxy) is 1. The lowest BCUT2D eigenvalue weighted by atomic mass is 10.2. The van der Waals surface area contributed by atoms with Crippen LogP contribution in [0.1, 0.15) is 29.8 Å². The van der Waals surface area contributed by atoms with E-state index in [-0.39, 0.29) is 11.8 Å². The summed E-state index contributed by atoms with van der Waals surface area (Å²) in [5, 5.41) is 5.70. The minimum absolute atomic E-state index is 0.116. The minimum atomic E-state index is -0.239. The average molecular weight is 396 g/mol. The molecule has 2 rings (SSSR count). The van der Waals surface area contributed by atoms with E-state index >= 15 is 0 Å². The Kier molecular flexibility index (Phi) is 8.92. The number of nitrogens with one attached hydrogen (secondary N) is 2. The Morgan fingerprint density at radius 2 is 1.66 bits per heavy atom. The topological polar surface area (TPSA) is 70.7 Å². The van der Waals surface area contributed by atoms with Gasteiger partial charge in [0.05, 0.1) is 7.11 Å². The van der Waals surface area contributed by atoms with Crippen molar-refractivity contribution in [2.45, 2.75) is 13.8 Å². The third kappa shape index (κ3) is 7.43. The van der Waals surface area contributed by atoms with Crippen LogP contribution in [-0.2, 0) is 4.79 Å². The second-order valence-electron chi connectivity index (χ2n) is 6.46. The maximum absolute atomic E-state index is 12.2. The summed E-state index contributed by atoms with van der Waals surface area (Å²) < 4.78 is 5.11. The van der Waals surface area contributed by atoms with Crippen molar-refractivity contribution in [2.24, 2.45) is 0 Å². The van der Waals surface area contributed by atoms with Crippen molar-refractivity contribution in [3.8, 4) is 5.75 Å². The Hall–Kier alpha value is -3.12. The summed E-state index contributed by atoms with van der Waals surface area (Å²) in [6.07, 6.45) is 3.20. The number of amides is 2. The molecule has 0 aliphatic rings. The van der Waals surface area contributed by atoms with Gasteiger partial charge in [-0.05, 0) is 61.1 Å². The van der Waals surface area contributed by atoms with E-state index in [1.54, 1.807) is 37.5 Å². The van der Waals surface area contributed by atoms with Gasteiger partial charge in [0.2, 0.25) is 5.91 Å². The predicted octanol–water partition coefficient (Wildman–Crippen LogP) is 3.42. The summed E-state index contributed by atoms with van der Waals surface area (Å²) in [6, 6.07) is 14.3. The molecule has 6 heteroatoms. The van der Waals surface area contributed by atoms with Crippen LogP contribution >= 0.6 is 0 Å². The van der Waals surface area contributed by atoms with Gasteiger partial charge < -0.3 is 20.3 Å². The number of hydrogen-bond acceptors (Lipinski definition) is 4. The Labute approximate surface area is 172 Å². The highest BCUT2D eigenvalue weighted by Crippen LogP contribution is 2.13. The molecule has 0 saturated heterocycles.